The quantitative estimate of drug-likeness (QED) is 0.711. The molecule has 0 atom stereocenters. The molecule has 27 heavy (non-hydrogen) atoms. The van der Waals surface area contributed by atoms with Crippen molar-refractivity contribution in [3.05, 3.63) is 59.9 Å². The second kappa shape index (κ2) is 7.19. The maximum atomic E-state index is 12.8. The lowest BCUT2D eigenvalue weighted by molar-refractivity contribution is -0.130. The molecule has 0 bridgehead atoms. The van der Waals surface area contributed by atoms with Crippen LogP contribution in [0.15, 0.2) is 48.8 Å². The van der Waals surface area contributed by atoms with Gasteiger partial charge in [0.2, 0.25) is 5.91 Å². The van der Waals surface area contributed by atoms with E-state index >= 15 is 0 Å². The minimum atomic E-state index is -0.0524. The molecule has 1 saturated heterocycles. The fourth-order valence-corrected chi connectivity index (χ4v) is 3.37. The Bertz CT molecular complexity index is 974. The Morgan fingerprint density at radius 1 is 1.00 bits per heavy atom. The summed E-state index contributed by atoms with van der Waals surface area (Å²) in [5, 5.41) is 5.26. The highest BCUT2D eigenvalue weighted by Crippen LogP contribution is 2.16. The lowest BCUT2D eigenvalue weighted by atomic mass is 10.2. The molecular weight excluding hydrogens is 342 g/mol. The first-order valence-electron chi connectivity index (χ1n) is 9.02. The van der Waals surface area contributed by atoms with Gasteiger partial charge in [-0.3, -0.25) is 9.59 Å². The van der Waals surface area contributed by atoms with E-state index in [1.807, 2.05) is 41.1 Å². The van der Waals surface area contributed by atoms with E-state index < -0.39 is 0 Å². The number of hydrogen-bond donors (Lipinski definition) is 0. The molecule has 7 nitrogen and oxygen atoms in total. The van der Waals surface area contributed by atoms with Gasteiger partial charge in [0.15, 0.2) is 5.65 Å². The predicted octanol–water partition coefficient (Wildman–Crippen LogP) is 1.78. The van der Waals surface area contributed by atoms with Crippen molar-refractivity contribution in [1.82, 2.24) is 24.6 Å². The van der Waals surface area contributed by atoms with Gasteiger partial charge in [-0.05, 0) is 11.6 Å². The van der Waals surface area contributed by atoms with Crippen LogP contribution in [0.1, 0.15) is 22.8 Å². The highest BCUT2D eigenvalue weighted by Gasteiger charge is 2.23. The Morgan fingerprint density at radius 2 is 1.70 bits per heavy atom. The summed E-state index contributed by atoms with van der Waals surface area (Å²) < 4.78 is 1.84. The molecule has 7 heteroatoms. The molecule has 1 aromatic carbocycles. The molecule has 1 aliphatic heterocycles. The number of piperazine rings is 1. The Kier molecular flexibility index (Phi) is 4.58. The molecule has 4 rings (SSSR count). The zero-order valence-electron chi connectivity index (χ0n) is 15.2. The summed E-state index contributed by atoms with van der Waals surface area (Å²) in [5.41, 5.74) is 2.46. The maximum absolute atomic E-state index is 12.8. The fraction of sp³-hybridized carbons (Fsp3) is 0.300. The van der Waals surface area contributed by atoms with Crippen LogP contribution < -0.4 is 0 Å². The molecule has 0 aliphatic carbocycles. The predicted molar refractivity (Wildman–Crippen MR) is 101 cm³/mol. The van der Waals surface area contributed by atoms with Crippen LogP contribution in [0.2, 0.25) is 0 Å². The van der Waals surface area contributed by atoms with E-state index in [0.717, 1.165) is 16.6 Å². The van der Waals surface area contributed by atoms with Crippen molar-refractivity contribution in [3.8, 4) is 0 Å². The summed E-state index contributed by atoms with van der Waals surface area (Å²) in [5.74, 6) is -0.000531. The normalized spacial score (nSPS) is 14.6. The van der Waals surface area contributed by atoms with E-state index in [1.54, 1.807) is 29.1 Å². The Balaban J connectivity index is 1.51. The van der Waals surface area contributed by atoms with E-state index in [0.29, 0.717) is 38.3 Å². The molecule has 0 saturated carbocycles. The summed E-state index contributed by atoms with van der Waals surface area (Å²) >= 11 is 0. The molecule has 0 spiro atoms. The third kappa shape index (κ3) is 3.53. The first kappa shape index (κ1) is 17.2. The van der Waals surface area contributed by atoms with E-state index in [9.17, 15) is 9.59 Å². The maximum Gasteiger partial charge on any atom is 0.255 e. The molecule has 1 fully saturated rings. The lowest BCUT2D eigenvalue weighted by Crippen LogP contribution is -2.50. The molecule has 0 radical (unpaired) electrons. The molecular formula is C20H21N5O2. The molecule has 2 amide bonds. The number of hydrogen-bond acceptors (Lipinski definition) is 4. The first-order chi connectivity index (χ1) is 13.1. The molecule has 1 aliphatic rings. The van der Waals surface area contributed by atoms with Crippen molar-refractivity contribution in [3.63, 3.8) is 0 Å². The largest absolute Gasteiger partial charge is 0.339 e. The highest BCUT2D eigenvalue weighted by atomic mass is 16.2. The first-order valence-corrected chi connectivity index (χ1v) is 9.02. The van der Waals surface area contributed by atoms with E-state index in [-0.39, 0.29) is 11.8 Å². The Morgan fingerprint density at radius 3 is 2.41 bits per heavy atom. The average molecular weight is 363 g/mol. The van der Waals surface area contributed by atoms with E-state index in [2.05, 4.69) is 10.1 Å². The van der Waals surface area contributed by atoms with Gasteiger partial charge < -0.3 is 9.80 Å². The van der Waals surface area contributed by atoms with E-state index in [4.69, 9.17) is 0 Å². The van der Waals surface area contributed by atoms with Crippen LogP contribution in [0.4, 0.5) is 0 Å². The van der Waals surface area contributed by atoms with Gasteiger partial charge in [0.05, 0.1) is 18.3 Å². The molecule has 3 heterocycles. The molecule has 3 aromatic rings. The monoisotopic (exact) mass is 363 g/mol. The summed E-state index contributed by atoms with van der Waals surface area (Å²) in [6, 6.07) is 11.9. The van der Waals surface area contributed by atoms with Crippen molar-refractivity contribution in [2.75, 3.05) is 26.2 Å². The molecule has 0 unspecified atom stereocenters. The lowest BCUT2D eigenvalue weighted by Gasteiger charge is -2.34. The third-order valence-electron chi connectivity index (χ3n) is 4.91. The van der Waals surface area contributed by atoms with Gasteiger partial charge in [0.25, 0.3) is 5.91 Å². The van der Waals surface area contributed by atoms with Gasteiger partial charge in [-0.25, -0.2) is 9.67 Å². The molecule has 0 N–H and O–H groups in total. The number of amides is 2. The van der Waals surface area contributed by atoms with Crippen LogP contribution >= 0.6 is 0 Å². The third-order valence-corrected chi connectivity index (χ3v) is 4.91. The topological polar surface area (TPSA) is 71.3 Å². The zero-order valence-corrected chi connectivity index (χ0v) is 15.2. The Labute approximate surface area is 157 Å². The summed E-state index contributed by atoms with van der Waals surface area (Å²) in [6.07, 6.45) is 3.36. The molecule has 2 aromatic heterocycles. The van der Waals surface area contributed by atoms with Gasteiger partial charge in [-0.1, -0.05) is 30.3 Å². The number of nitrogens with zero attached hydrogens (tertiary/aromatic N) is 5. The van der Waals surface area contributed by atoms with Crippen LogP contribution in [0.25, 0.3) is 11.0 Å². The minimum absolute atomic E-state index is 0.0519. The van der Waals surface area contributed by atoms with Crippen LogP contribution in [0.5, 0.6) is 0 Å². The van der Waals surface area contributed by atoms with Crippen molar-refractivity contribution in [2.45, 2.75) is 13.5 Å². The van der Waals surface area contributed by atoms with Crippen molar-refractivity contribution < 1.29 is 9.59 Å². The average Bonchev–Trinajstić information content (AvgIpc) is 3.10. The van der Waals surface area contributed by atoms with Gasteiger partial charge in [0, 0.05) is 44.7 Å². The number of aromatic nitrogens is 3. The second-order valence-electron chi connectivity index (χ2n) is 6.72. The standard InChI is InChI=1S/C20H21N5O2/c1-15(26)23-7-9-24(10-8-23)20(27)18-11-17-13-22-25(19(17)21-12-18)14-16-5-3-2-4-6-16/h2-6,11-13H,7-10,14H2,1H3. The number of carbonyl (C=O) groups excluding carboxylic acids is 2. The van der Waals surface area contributed by atoms with Crippen molar-refractivity contribution in [1.29, 1.82) is 0 Å². The van der Waals surface area contributed by atoms with Crippen molar-refractivity contribution in [2.24, 2.45) is 0 Å². The SMILES string of the molecule is CC(=O)N1CCN(C(=O)c2cnc3c(cnn3Cc3ccccc3)c2)CC1. The summed E-state index contributed by atoms with van der Waals surface area (Å²) in [4.78, 5) is 32.2. The number of pyridine rings is 1. The van der Waals surface area contributed by atoms with Crippen molar-refractivity contribution >= 4 is 22.8 Å². The van der Waals surface area contributed by atoms with Gasteiger partial charge in [-0.2, -0.15) is 5.10 Å². The van der Waals surface area contributed by atoms with Crippen LogP contribution in [-0.2, 0) is 11.3 Å². The van der Waals surface area contributed by atoms with Crippen LogP contribution in [-0.4, -0.2) is 62.6 Å². The molecule has 138 valence electrons. The Hall–Kier alpha value is -3.22. The van der Waals surface area contributed by atoms with Crippen LogP contribution in [0.3, 0.4) is 0 Å². The number of benzene rings is 1. The highest BCUT2D eigenvalue weighted by molar-refractivity contribution is 5.97. The zero-order chi connectivity index (χ0) is 18.8. The number of carbonyl (C=O) groups is 2. The van der Waals surface area contributed by atoms with Crippen LogP contribution in [0, 0.1) is 0 Å². The van der Waals surface area contributed by atoms with Gasteiger partial charge in [0.1, 0.15) is 0 Å². The minimum Gasteiger partial charge on any atom is -0.339 e. The smallest absolute Gasteiger partial charge is 0.255 e. The number of fused-ring (bicyclic) bond motifs is 1. The van der Waals surface area contributed by atoms with Gasteiger partial charge >= 0.3 is 0 Å². The number of rotatable bonds is 3. The summed E-state index contributed by atoms with van der Waals surface area (Å²) in [7, 11) is 0. The fourth-order valence-electron chi connectivity index (χ4n) is 3.37. The second-order valence-corrected chi connectivity index (χ2v) is 6.72. The van der Waals surface area contributed by atoms with Gasteiger partial charge in [-0.15, -0.1) is 0 Å². The summed E-state index contributed by atoms with van der Waals surface area (Å²) in [6.45, 7) is 4.44. The van der Waals surface area contributed by atoms with E-state index in [1.165, 1.54) is 0 Å².